The Balaban J connectivity index is 2.62. The molecule has 2 rings (SSSR count). The van der Waals surface area contributed by atoms with E-state index in [-0.39, 0.29) is 16.8 Å². The van der Waals surface area contributed by atoms with Gasteiger partial charge in [0.15, 0.2) is 0 Å². The van der Waals surface area contributed by atoms with Crippen molar-refractivity contribution in [3.8, 4) is 5.75 Å². The third-order valence-electron chi connectivity index (χ3n) is 5.97. The van der Waals surface area contributed by atoms with Crippen LogP contribution >= 0.6 is 10.0 Å². The highest BCUT2D eigenvalue weighted by molar-refractivity contribution is 8.33. The molecule has 0 saturated carbocycles. The first kappa shape index (κ1) is 26.3. The second-order valence-corrected chi connectivity index (χ2v) is 14.3. The van der Waals surface area contributed by atoms with E-state index < -0.39 is 10.0 Å². The number of phenols is 1. The molecule has 0 aliphatic carbocycles. The molecule has 0 radical (unpaired) electrons. The summed E-state index contributed by atoms with van der Waals surface area (Å²) in [6.45, 7) is 15.6. The largest absolute Gasteiger partial charge is 0.507 e. The number of hydrogen-bond donors (Lipinski definition) is 1. The summed E-state index contributed by atoms with van der Waals surface area (Å²) in [5, 5.41) is 11.6. The molecular weight excluding hydrogens is 416 g/mol. The van der Waals surface area contributed by atoms with Crippen LogP contribution in [0, 0.1) is 0 Å². The lowest BCUT2D eigenvalue weighted by atomic mass is 9.80. The van der Waals surface area contributed by atoms with Gasteiger partial charge in [-0.05, 0) is 57.9 Å². The maximum Gasteiger partial charge on any atom is 0.306 e. The van der Waals surface area contributed by atoms with Gasteiger partial charge < -0.3 is 9.84 Å². The molecule has 0 saturated heterocycles. The Morgan fingerprint density at radius 3 is 2.16 bits per heavy atom. The lowest BCUT2D eigenvalue weighted by Gasteiger charge is -2.40. The predicted molar refractivity (Wildman–Crippen MR) is 137 cm³/mol. The van der Waals surface area contributed by atoms with Gasteiger partial charge in [0.25, 0.3) is 0 Å². The molecular formula is C28H42O3S. The first-order valence-corrected chi connectivity index (χ1v) is 13.9. The zero-order valence-corrected chi connectivity index (χ0v) is 22.1. The minimum atomic E-state index is -1.67. The summed E-state index contributed by atoms with van der Waals surface area (Å²) in [6, 6.07) is 14.7. The van der Waals surface area contributed by atoms with Gasteiger partial charge in [0.2, 0.25) is 0 Å². The summed E-state index contributed by atoms with van der Waals surface area (Å²) in [5.41, 5.74) is 1.91. The molecule has 32 heavy (non-hydrogen) atoms. The molecule has 0 heterocycles. The number of ether oxygens (including phenoxy) is 1. The molecule has 0 aromatic heterocycles. The first-order valence-electron chi connectivity index (χ1n) is 11.7. The van der Waals surface area contributed by atoms with Crippen molar-refractivity contribution in [2.45, 2.75) is 88.3 Å². The molecule has 0 aliphatic rings. The van der Waals surface area contributed by atoms with E-state index in [1.165, 1.54) is 10.5 Å². The molecule has 2 aromatic carbocycles. The molecule has 2 aromatic rings. The summed E-state index contributed by atoms with van der Waals surface area (Å²) in [7, 11) is -1.67. The maximum atomic E-state index is 12.5. The van der Waals surface area contributed by atoms with Gasteiger partial charge in [0, 0.05) is 10.5 Å². The fraction of sp³-hybridized carbons (Fsp3) is 0.536. The lowest BCUT2D eigenvalue weighted by molar-refractivity contribution is -0.143. The number of rotatable bonds is 8. The molecule has 0 aliphatic heterocycles. The third kappa shape index (κ3) is 6.31. The Labute approximate surface area is 196 Å². The fourth-order valence-corrected chi connectivity index (χ4v) is 6.69. The Hall–Kier alpha value is -1.94. The zero-order chi connectivity index (χ0) is 24.2. The molecule has 178 valence electrons. The van der Waals surface area contributed by atoms with Crippen molar-refractivity contribution >= 4 is 16.0 Å². The van der Waals surface area contributed by atoms with Gasteiger partial charge in [0.05, 0.1) is 13.0 Å². The molecule has 4 heteroatoms. The van der Waals surface area contributed by atoms with Crippen LogP contribution in [-0.4, -0.2) is 29.7 Å². The maximum absolute atomic E-state index is 12.5. The summed E-state index contributed by atoms with van der Waals surface area (Å²) in [5.74, 6) is 0.856. The molecule has 0 amide bonds. The van der Waals surface area contributed by atoms with E-state index >= 15 is 0 Å². The Morgan fingerprint density at radius 2 is 1.62 bits per heavy atom. The van der Waals surface area contributed by atoms with Crippen LogP contribution in [0.15, 0.2) is 52.3 Å². The van der Waals surface area contributed by atoms with E-state index in [4.69, 9.17) is 4.74 Å². The number of carbonyl (C=O) groups excluding carboxylic acids is 1. The molecule has 0 bridgehead atoms. The summed E-state index contributed by atoms with van der Waals surface area (Å²) >= 11 is 0. The Kier molecular flexibility index (Phi) is 8.50. The van der Waals surface area contributed by atoms with Gasteiger partial charge >= 0.3 is 5.97 Å². The standard InChI is InChI=1S/C28H42O3S/c1-9-10-17-31-25(29)16-18-32(8,22-14-12-11-13-15-22)24-20-21(27(2,3)4)19-23(26(24)30)28(5,6)7/h11-15,19-20,30H,9-10,16-18H2,1-8H3. The number of carbonyl (C=O) groups is 1. The molecule has 0 fully saturated rings. The average Bonchev–Trinajstić information content (AvgIpc) is 2.71. The predicted octanol–water partition coefficient (Wildman–Crippen LogP) is 7.57. The highest BCUT2D eigenvalue weighted by Gasteiger charge is 2.33. The van der Waals surface area contributed by atoms with Crippen LogP contribution in [-0.2, 0) is 20.4 Å². The van der Waals surface area contributed by atoms with Crippen molar-refractivity contribution in [1.29, 1.82) is 0 Å². The van der Waals surface area contributed by atoms with Gasteiger partial charge in [-0.1, -0.05) is 79.2 Å². The molecule has 1 unspecified atom stereocenters. The number of phenolic OH excluding ortho intramolecular Hbond substituents is 1. The van der Waals surface area contributed by atoms with E-state index in [1.54, 1.807) is 0 Å². The van der Waals surface area contributed by atoms with Gasteiger partial charge in [-0.3, -0.25) is 4.79 Å². The summed E-state index contributed by atoms with van der Waals surface area (Å²) < 4.78 is 5.45. The fourth-order valence-electron chi connectivity index (χ4n) is 3.72. The van der Waals surface area contributed by atoms with Crippen molar-refractivity contribution in [1.82, 2.24) is 0 Å². The normalized spacial score (nSPS) is 15.1. The van der Waals surface area contributed by atoms with Crippen LogP contribution in [0.5, 0.6) is 5.75 Å². The van der Waals surface area contributed by atoms with Crippen molar-refractivity contribution < 1.29 is 14.6 Å². The number of unbranched alkanes of at least 4 members (excludes halogenated alkanes) is 1. The van der Waals surface area contributed by atoms with E-state index in [2.05, 4.69) is 79.0 Å². The summed E-state index contributed by atoms with van der Waals surface area (Å²) in [4.78, 5) is 14.6. The second kappa shape index (κ2) is 10.3. The van der Waals surface area contributed by atoms with Crippen molar-refractivity contribution in [2.24, 2.45) is 0 Å². The third-order valence-corrected chi connectivity index (χ3v) is 9.59. The lowest BCUT2D eigenvalue weighted by Crippen LogP contribution is -2.19. The molecule has 1 atom stereocenters. The molecule has 0 spiro atoms. The van der Waals surface area contributed by atoms with Gasteiger partial charge in [-0.15, -0.1) is 0 Å². The van der Waals surface area contributed by atoms with E-state index in [1.807, 2.05) is 18.2 Å². The average molecular weight is 459 g/mol. The van der Waals surface area contributed by atoms with Crippen LogP contribution in [0.25, 0.3) is 0 Å². The van der Waals surface area contributed by atoms with Gasteiger partial charge in [0.1, 0.15) is 5.75 Å². The number of esters is 1. The second-order valence-electron chi connectivity index (χ2n) is 10.8. The van der Waals surface area contributed by atoms with E-state index in [9.17, 15) is 9.90 Å². The summed E-state index contributed by atoms with van der Waals surface area (Å²) in [6.07, 6.45) is 4.45. The Bertz CT molecular complexity index is 907. The molecule has 3 nitrogen and oxygen atoms in total. The first-order chi connectivity index (χ1) is 14.8. The van der Waals surface area contributed by atoms with Gasteiger partial charge in [-0.25, -0.2) is 0 Å². The SMILES string of the molecule is CCCCOC(=O)CCS(C)(c1ccccc1)c1cc(C(C)(C)C)cc(C(C)(C)C)c1O. The number of benzene rings is 2. The smallest absolute Gasteiger partial charge is 0.306 e. The van der Waals surface area contributed by atoms with E-state index in [0.29, 0.717) is 24.5 Å². The van der Waals surface area contributed by atoms with Crippen LogP contribution < -0.4 is 0 Å². The van der Waals surface area contributed by atoms with Crippen molar-refractivity contribution in [2.75, 3.05) is 18.6 Å². The van der Waals surface area contributed by atoms with Crippen LogP contribution in [0.2, 0.25) is 0 Å². The van der Waals surface area contributed by atoms with Gasteiger partial charge in [-0.2, -0.15) is 10.0 Å². The highest BCUT2D eigenvalue weighted by atomic mass is 32.3. The van der Waals surface area contributed by atoms with Crippen LogP contribution in [0.4, 0.5) is 0 Å². The Morgan fingerprint density at radius 1 is 1.00 bits per heavy atom. The van der Waals surface area contributed by atoms with E-state index in [0.717, 1.165) is 23.3 Å². The monoisotopic (exact) mass is 458 g/mol. The number of hydrogen-bond acceptors (Lipinski definition) is 3. The van der Waals surface area contributed by atoms with Crippen LogP contribution in [0.3, 0.4) is 0 Å². The quantitative estimate of drug-likeness (QED) is 0.328. The topological polar surface area (TPSA) is 46.5 Å². The zero-order valence-electron chi connectivity index (χ0n) is 21.2. The minimum absolute atomic E-state index is 0.0570. The van der Waals surface area contributed by atoms with Crippen LogP contribution in [0.1, 0.15) is 78.9 Å². The minimum Gasteiger partial charge on any atom is -0.507 e. The molecule has 1 N–H and O–H groups in total. The number of aromatic hydroxyl groups is 1. The van der Waals surface area contributed by atoms with Crippen molar-refractivity contribution in [3.63, 3.8) is 0 Å². The van der Waals surface area contributed by atoms with Crippen molar-refractivity contribution in [3.05, 3.63) is 53.6 Å². The highest BCUT2D eigenvalue weighted by Crippen LogP contribution is 2.64.